The van der Waals surface area contributed by atoms with Gasteiger partial charge in [-0.3, -0.25) is 19.8 Å². The third-order valence-corrected chi connectivity index (χ3v) is 3.73. The molecule has 1 aliphatic rings. The quantitative estimate of drug-likeness (QED) is 0.631. The van der Waals surface area contributed by atoms with E-state index in [4.69, 9.17) is 0 Å². The highest BCUT2D eigenvalue weighted by molar-refractivity contribution is 5.94. The second kappa shape index (κ2) is 6.17. The van der Waals surface area contributed by atoms with Crippen LogP contribution >= 0.6 is 0 Å². The first-order chi connectivity index (χ1) is 9.90. The molecule has 0 bridgehead atoms. The minimum atomic E-state index is -0.847. The number of carbonyl (C=O) groups excluding carboxylic acids is 1. The summed E-state index contributed by atoms with van der Waals surface area (Å²) in [5.74, 6) is -1.26. The number of halogens is 1. The van der Waals surface area contributed by atoms with Crippen molar-refractivity contribution in [2.45, 2.75) is 19.9 Å². The summed E-state index contributed by atoms with van der Waals surface area (Å²) in [4.78, 5) is 26.0. The highest BCUT2D eigenvalue weighted by Crippen LogP contribution is 2.19. The van der Waals surface area contributed by atoms with Crippen molar-refractivity contribution in [2.24, 2.45) is 0 Å². The number of nitro groups is 1. The van der Waals surface area contributed by atoms with Crippen molar-refractivity contribution in [3.8, 4) is 0 Å². The Morgan fingerprint density at radius 2 is 1.90 bits per heavy atom. The van der Waals surface area contributed by atoms with Gasteiger partial charge >= 0.3 is 0 Å². The molecule has 1 fully saturated rings. The molecule has 0 aliphatic carbocycles. The van der Waals surface area contributed by atoms with Crippen LogP contribution in [-0.2, 0) is 0 Å². The minimum Gasteiger partial charge on any atom is -0.336 e. The van der Waals surface area contributed by atoms with E-state index in [0.717, 1.165) is 25.2 Å². The average Bonchev–Trinajstić information content (AvgIpc) is 2.46. The topological polar surface area (TPSA) is 66.7 Å². The number of carbonyl (C=O) groups is 1. The maximum atomic E-state index is 13.9. The minimum absolute atomic E-state index is 0.112. The van der Waals surface area contributed by atoms with E-state index in [2.05, 4.69) is 18.7 Å². The molecule has 1 aromatic carbocycles. The summed E-state index contributed by atoms with van der Waals surface area (Å²) in [5.41, 5.74) is -0.465. The zero-order valence-corrected chi connectivity index (χ0v) is 12.1. The Morgan fingerprint density at radius 1 is 1.29 bits per heavy atom. The van der Waals surface area contributed by atoms with Gasteiger partial charge in [0.25, 0.3) is 11.6 Å². The van der Waals surface area contributed by atoms with Crippen molar-refractivity contribution in [1.82, 2.24) is 9.80 Å². The molecule has 2 rings (SSSR count). The number of nitro benzene ring substituents is 1. The molecule has 0 atom stereocenters. The third-order valence-electron chi connectivity index (χ3n) is 3.73. The summed E-state index contributed by atoms with van der Waals surface area (Å²) < 4.78 is 13.9. The second-order valence-corrected chi connectivity index (χ2v) is 5.34. The molecular weight excluding hydrogens is 277 g/mol. The van der Waals surface area contributed by atoms with Crippen molar-refractivity contribution in [3.05, 3.63) is 39.7 Å². The van der Waals surface area contributed by atoms with Crippen molar-refractivity contribution in [1.29, 1.82) is 0 Å². The molecular formula is C14H18FN3O3. The van der Waals surface area contributed by atoms with Crippen LogP contribution in [0.4, 0.5) is 10.1 Å². The van der Waals surface area contributed by atoms with Gasteiger partial charge in [0.15, 0.2) is 0 Å². The molecule has 0 aromatic heterocycles. The lowest BCUT2D eigenvalue weighted by atomic mass is 10.1. The van der Waals surface area contributed by atoms with Crippen LogP contribution in [0.3, 0.4) is 0 Å². The Morgan fingerprint density at radius 3 is 2.38 bits per heavy atom. The van der Waals surface area contributed by atoms with E-state index in [9.17, 15) is 19.3 Å². The molecule has 0 N–H and O–H groups in total. The largest absolute Gasteiger partial charge is 0.336 e. The monoisotopic (exact) mass is 295 g/mol. The Labute approximate surface area is 122 Å². The van der Waals surface area contributed by atoms with Crippen LogP contribution in [0.2, 0.25) is 0 Å². The Bertz CT molecular complexity index is 554. The Kier molecular flexibility index (Phi) is 4.52. The van der Waals surface area contributed by atoms with E-state index in [0.29, 0.717) is 19.1 Å². The van der Waals surface area contributed by atoms with Crippen LogP contribution < -0.4 is 0 Å². The summed E-state index contributed by atoms with van der Waals surface area (Å²) in [6.07, 6.45) is 0. The first-order valence-electron chi connectivity index (χ1n) is 6.87. The third kappa shape index (κ3) is 3.36. The maximum Gasteiger partial charge on any atom is 0.272 e. The van der Waals surface area contributed by atoms with Crippen LogP contribution in [0.15, 0.2) is 18.2 Å². The Balaban J connectivity index is 2.09. The highest BCUT2D eigenvalue weighted by Gasteiger charge is 2.25. The number of benzene rings is 1. The normalized spacial score (nSPS) is 16.3. The summed E-state index contributed by atoms with van der Waals surface area (Å²) in [7, 11) is 0. The zero-order chi connectivity index (χ0) is 15.6. The fourth-order valence-electron chi connectivity index (χ4n) is 2.40. The first-order valence-corrected chi connectivity index (χ1v) is 6.87. The van der Waals surface area contributed by atoms with Gasteiger partial charge in [-0.1, -0.05) is 0 Å². The van der Waals surface area contributed by atoms with Crippen molar-refractivity contribution in [2.75, 3.05) is 26.2 Å². The van der Waals surface area contributed by atoms with Gasteiger partial charge < -0.3 is 4.90 Å². The summed E-state index contributed by atoms with van der Waals surface area (Å²) in [5, 5.41) is 10.6. The zero-order valence-electron chi connectivity index (χ0n) is 12.1. The van der Waals surface area contributed by atoms with E-state index in [1.165, 1.54) is 6.07 Å². The molecule has 0 spiro atoms. The molecule has 0 unspecified atom stereocenters. The van der Waals surface area contributed by atoms with Crippen LogP contribution in [-0.4, -0.2) is 52.9 Å². The SMILES string of the molecule is CC(C)N1CCN(C(=O)c2ccc([N+](=O)[O-])cc2F)CC1. The number of nitrogens with zero attached hydrogens (tertiary/aromatic N) is 3. The lowest BCUT2D eigenvalue weighted by molar-refractivity contribution is -0.385. The molecule has 0 saturated carbocycles. The van der Waals surface area contributed by atoms with Crippen LogP contribution in [0.5, 0.6) is 0 Å². The van der Waals surface area contributed by atoms with Crippen LogP contribution in [0, 0.1) is 15.9 Å². The van der Waals surface area contributed by atoms with Gasteiger partial charge in [-0.05, 0) is 19.9 Å². The summed E-state index contributed by atoms with van der Waals surface area (Å²) in [6.45, 7) is 6.75. The maximum absolute atomic E-state index is 13.9. The van der Waals surface area contributed by atoms with Gasteiger partial charge in [0.1, 0.15) is 5.82 Å². The van der Waals surface area contributed by atoms with E-state index in [-0.39, 0.29) is 11.3 Å². The molecule has 1 saturated heterocycles. The van der Waals surface area contributed by atoms with E-state index in [1.807, 2.05) is 0 Å². The van der Waals surface area contributed by atoms with Crippen LogP contribution in [0.25, 0.3) is 0 Å². The molecule has 1 amide bonds. The molecule has 1 aromatic rings. The summed E-state index contributed by atoms with van der Waals surface area (Å²) >= 11 is 0. The highest BCUT2D eigenvalue weighted by atomic mass is 19.1. The molecule has 1 heterocycles. The molecule has 6 nitrogen and oxygen atoms in total. The lowest BCUT2D eigenvalue weighted by Gasteiger charge is -2.36. The number of hydrogen-bond donors (Lipinski definition) is 0. The smallest absolute Gasteiger partial charge is 0.272 e. The fourth-order valence-corrected chi connectivity index (χ4v) is 2.40. The van der Waals surface area contributed by atoms with Gasteiger partial charge in [-0.25, -0.2) is 4.39 Å². The summed E-state index contributed by atoms with van der Waals surface area (Å²) in [6, 6.07) is 3.54. The number of non-ortho nitro benzene ring substituents is 1. The van der Waals surface area contributed by atoms with Gasteiger partial charge in [0.05, 0.1) is 16.6 Å². The molecule has 7 heteroatoms. The van der Waals surface area contributed by atoms with Crippen molar-refractivity contribution in [3.63, 3.8) is 0 Å². The predicted octanol–water partition coefficient (Wildman–Crippen LogP) is 1.90. The van der Waals surface area contributed by atoms with Crippen molar-refractivity contribution < 1.29 is 14.1 Å². The van der Waals surface area contributed by atoms with Crippen LogP contribution in [0.1, 0.15) is 24.2 Å². The number of rotatable bonds is 3. The molecule has 1 aliphatic heterocycles. The number of hydrogen-bond acceptors (Lipinski definition) is 4. The Hall–Kier alpha value is -2.02. The van der Waals surface area contributed by atoms with Gasteiger partial charge in [0, 0.05) is 38.3 Å². The molecule has 21 heavy (non-hydrogen) atoms. The van der Waals surface area contributed by atoms with Gasteiger partial charge in [-0.15, -0.1) is 0 Å². The van der Waals surface area contributed by atoms with E-state index < -0.39 is 16.6 Å². The number of amides is 1. The van der Waals surface area contributed by atoms with E-state index in [1.54, 1.807) is 4.90 Å². The molecule has 0 radical (unpaired) electrons. The number of piperazine rings is 1. The van der Waals surface area contributed by atoms with Crippen molar-refractivity contribution >= 4 is 11.6 Å². The standard InChI is InChI=1S/C14H18FN3O3/c1-10(2)16-5-7-17(8-6-16)14(19)12-4-3-11(18(20)21)9-13(12)15/h3-4,9-10H,5-8H2,1-2H3. The molecule has 114 valence electrons. The average molecular weight is 295 g/mol. The second-order valence-electron chi connectivity index (χ2n) is 5.34. The fraction of sp³-hybridized carbons (Fsp3) is 0.500. The first kappa shape index (κ1) is 15.4. The van der Waals surface area contributed by atoms with Gasteiger partial charge in [0.2, 0.25) is 0 Å². The lowest BCUT2D eigenvalue weighted by Crippen LogP contribution is -2.50. The predicted molar refractivity (Wildman–Crippen MR) is 75.7 cm³/mol. The van der Waals surface area contributed by atoms with E-state index >= 15 is 0 Å². The van der Waals surface area contributed by atoms with Gasteiger partial charge in [-0.2, -0.15) is 0 Å².